The minimum atomic E-state index is -0.460. The Bertz CT molecular complexity index is 657. The monoisotopic (exact) mass is 435 g/mol. The second-order valence-electron chi connectivity index (χ2n) is 4.86. The molecule has 0 saturated carbocycles. The van der Waals surface area contributed by atoms with Crippen LogP contribution in [0.25, 0.3) is 0 Å². The Morgan fingerprint density at radius 2 is 2.09 bits per heavy atom. The van der Waals surface area contributed by atoms with Crippen molar-refractivity contribution in [3.8, 4) is 0 Å². The molecule has 1 heterocycles. The lowest BCUT2D eigenvalue weighted by atomic mass is 10.2. The maximum Gasteiger partial charge on any atom is 0.191 e. The number of rotatable bonds is 5. The van der Waals surface area contributed by atoms with Crippen LogP contribution in [0.5, 0.6) is 0 Å². The van der Waals surface area contributed by atoms with Crippen molar-refractivity contribution in [2.75, 3.05) is 13.6 Å². The lowest BCUT2D eigenvalue weighted by Crippen LogP contribution is -2.38. The summed E-state index contributed by atoms with van der Waals surface area (Å²) in [6, 6.07) is 3.38. The largest absolute Gasteiger partial charge is 0.356 e. The summed E-state index contributed by atoms with van der Waals surface area (Å²) in [4.78, 5) is 4.05. The van der Waals surface area contributed by atoms with Gasteiger partial charge < -0.3 is 10.6 Å². The number of benzene rings is 1. The molecule has 0 aliphatic heterocycles. The molecule has 23 heavy (non-hydrogen) atoms. The van der Waals surface area contributed by atoms with Gasteiger partial charge in [0.25, 0.3) is 0 Å². The molecule has 0 aliphatic rings. The topological polar surface area (TPSA) is 54.2 Å². The lowest BCUT2D eigenvalue weighted by molar-refractivity contribution is 0.581. The molecular formula is C15H20F2IN5. The van der Waals surface area contributed by atoms with Crippen molar-refractivity contribution in [1.82, 2.24) is 20.4 Å². The van der Waals surface area contributed by atoms with Crippen LogP contribution in [-0.4, -0.2) is 29.3 Å². The third kappa shape index (κ3) is 6.12. The fourth-order valence-corrected chi connectivity index (χ4v) is 2.00. The van der Waals surface area contributed by atoms with Crippen LogP contribution < -0.4 is 10.6 Å². The van der Waals surface area contributed by atoms with Gasteiger partial charge in [-0.2, -0.15) is 5.10 Å². The zero-order valence-corrected chi connectivity index (χ0v) is 15.3. The van der Waals surface area contributed by atoms with Crippen molar-refractivity contribution in [3.05, 3.63) is 53.4 Å². The minimum absolute atomic E-state index is 0. The van der Waals surface area contributed by atoms with Gasteiger partial charge in [0.15, 0.2) is 5.96 Å². The van der Waals surface area contributed by atoms with E-state index in [0.29, 0.717) is 12.5 Å². The van der Waals surface area contributed by atoms with Crippen molar-refractivity contribution in [2.24, 2.45) is 12.0 Å². The number of aromatic nitrogens is 2. The predicted molar refractivity (Wildman–Crippen MR) is 96.9 cm³/mol. The van der Waals surface area contributed by atoms with Crippen molar-refractivity contribution in [2.45, 2.75) is 13.0 Å². The van der Waals surface area contributed by atoms with Crippen LogP contribution in [0.4, 0.5) is 8.78 Å². The molecule has 0 unspecified atom stereocenters. The molecule has 5 nitrogen and oxygen atoms in total. The maximum atomic E-state index is 13.5. The first-order valence-corrected chi connectivity index (χ1v) is 6.94. The summed E-state index contributed by atoms with van der Waals surface area (Å²) in [5.41, 5.74) is 1.37. The highest BCUT2D eigenvalue weighted by molar-refractivity contribution is 14.0. The van der Waals surface area contributed by atoms with E-state index in [2.05, 4.69) is 20.7 Å². The van der Waals surface area contributed by atoms with Crippen LogP contribution in [0.3, 0.4) is 0 Å². The summed E-state index contributed by atoms with van der Waals surface area (Å²) in [5, 5.41) is 10.2. The Labute approximate surface area is 151 Å². The molecule has 2 aromatic rings. The van der Waals surface area contributed by atoms with E-state index < -0.39 is 11.6 Å². The Morgan fingerprint density at radius 3 is 2.74 bits per heavy atom. The maximum absolute atomic E-state index is 13.5. The van der Waals surface area contributed by atoms with Crippen molar-refractivity contribution in [1.29, 1.82) is 0 Å². The van der Waals surface area contributed by atoms with Gasteiger partial charge >= 0.3 is 0 Å². The second-order valence-corrected chi connectivity index (χ2v) is 4.86. The summed E-state index contributed by atoms with van der Waals surface area (Å²) in [6.07, 6.45) is 4.54. The van der Waals surface area contributed by atoms with E-state index in [-0.39, 0.29) is 36.1 Å². The number of nitrogens with zero attached hydrogens (tertiary/aromatic N) is 3. The normalized spacial score (nSPS) is 11.0. The summed E-state index contributed by atoms with van der Waals surface area (Å²) in [6.45, 7) is 0.827. The zero-order chi connectivity index (χ0) is 15.9. The second kappa shape index (κ2) is 9.43. The zero-order valence-electron chi connectivity index (χ0n) is 13.0. The van der Waals surface area contributed by atoms with Crippen LogP contribution in [0.15, 0.2) is 35.6 Å². The first kappa shape index (κ1) is 19.3. The van der Waals surface area contributed by atoms with E-state index >= 15 is 0 Å². The summed E-state index contributed by atoms with van der Waals surface area (Å²) < 4.78 is 28.4. The molecule has 0 amide bonds. The first-order chi connectivity index (χ1) is 10.6. The van der Waals surface area contributed by atoms with Crippen LogP contribution in [-0.2, 0) is 20.0 Å². The standard InChI is InChI=1S/C15H19F2N5.HI/c1-18-15(19-6-5-11-8-21-22(2)10-11)20-9-12-7-13(16)3-4-14(12)17;/h3-4,7-8,10H,5-6,9H2,1-2H3,(H2,18,19,20);1H. The molecule has 1 aromatic carbocycles. The van der Waals surface area contributed by atoms with Gasteiger partial charge in [-0.05, 0) is 30.2 Å². The average Bonchev–Trinajstić information content (AvgIpc) is 2.91. The van der Waals surface area contributed by atoms with E-state index in [4.69, 9.17) is 0 Å². The molecule has 0 radical (unpaired) electrons. The van der Waals surface area contributed by atoms with Gasteiger partial charge in [0.05, 0.1) is 6.20 Å². The molecule has 126 valence electrons. The number of aryl methyl sites for hydroxylation is 1. The molecule has 2 rings (SSSR count). The third-order valence-electron chi connectivity index (χ3n) is 3.14. The van der Waals surface area contributed by atoms with E-state index in [1.165, 1.54) is 6.07 Å². The Balaban J connectivity index is 0.00000264. The Kier molecular flexibility index (Phi) is 7.93. The average molecular weight is 435 g/mol. The molecule has 8 heteroatoms. The highest BCUT2D eigenvalue weighted by Gasteiger charge is 2.05. The van der Waals surface area contributed by atoms with E-state index in [1.54, 1.807) is 17.9 Å². The molecule has 2 N–H and O–H groups in total. The molecule has 0 spiro atoms. The molecule has 1 aromatic heterocycles. The first-order valence-electron chi connectivity index (χ1n) is 6.94. The highest BCUT2D eigenvalue weighted by atomic mass is 127. The third-order valence-corrected chi connectivity index (χ3v) is 3.14. The summed E-state index contributed by atoms with van der Waals surface area (Å²) in [5.74, 6) is -0.370. The summed E-state index contributed by atoms with van der Waals surface area (Å²) >= 11 is 0. The van der Waals surface area contributed by atoms with Gasteiger partial charge in [0.2, 0.25) is 0 Å². The number of halogens is 3. The highest BCUT2D eigenvalue weighted by Crippen LogP contribution is 2.09. The van der Waals surface area contributed by atoms with Gasteiger partial charge in [0, 0.05) is 38.9 Å². The molecule has 0 aliphatic carbocycles. The number of guanidine groups is 1. The number of nitrogens with one attached hydrogen (secondary N) is 2. The van der Waals surface area contributed by atoms with Crippen LogP contribution in [0.2, 0.25) is 0 Å². The quantitative estimate of drug-likeness (QED) is 0.431. The van der Waals surface area contributed by atoms with Gasteiger partial charge in [-0.25, -0.2) is 8.78 Å². The molecular weight excluding hydrogens is 415 g/mol. The molecule has 0 fully saturated rings. The summed E-state index contributed by atoms with van der Waals surface area (Å²) in [7, 11) is 3.49. The minimum Gasteiger partial charge on any atom is -0.356 e. The fourth-order valence-electron chi connectivity index (χ4n) is 2.00. The van der Waals surface area contributed by atoms with Crippen LogP contribution >= 0.6 is 24.0 Å². The molecule has 0 atom stereocenters. The van der Waals surface area contributed by atoms with E-state index in [1.807, 2.05) is 13.2 Å². The fraction of sp³-hybridized carbons (Fsp3) is 0.333. The molecule has 0 bridgehead atoms. The van der Waals surface area contributed by atoms with Crippen molar-refractivity contribution < 1.29 is 8.78 Å². The van der Waals surface area contributed by atoms with Gasteiger partial charge in [-0.1, -0.05) is 0 Å². The number of aliphatic imine (C=N–C) groups is 1. The van der Waals surface area contributed by atoms with Crippen LogP contribution in [0.1, 0.15) is 11.1 Å². The van der Waals surface area contributed by atoms with Crippen LogP contribution in [0, 0.1) is 11.6 Å². The Morgan fingerprint density at radius 1 is 1.30 bits per heavy atom. The predicted octanol–water partition coefficient (Wildman–Crippen LogP) is 2.22. The van der Waals surface area contributed by atoms with E-state index in [9.17, 15) is 8.78 Å². The van der Waals surface area contributed by atoms with Gasteiger partial charge in [-0.3, -0.25) is 9.67 Å². The lowest BCUT2D eigenvalue weighted by Gasteiger charge is -2.12. The van der Waals surface area contributed by atoms with Gasteiger partial charge in [0.1, 0.15) is 11.6 Å². The van der Waals surface area contributed by atoms with Crippen molar-refractivity contribution >= 4 is 29.9 Å². The van der Waals surface area contributed by atoms with E-state index in [0.717, 1.165) is 24.1 Å². The molecule has 0 saturated heterocycles. The smallest absolute Gasteiger partial charge is 0.191 e. The van der Waals surface area contributed by atoms with Crippen molar-refractivity contribution in [3.63, 3.8) is 0 Å². The Hall–Kier alpha value is -1.71. The van der Waals surface area contributed by atoms with Gasteiger partial charge in [-0.15, -0.1) is 24.0 Å². The SMILES string of the molecule is CN=C(NCCc1cnn(C)c1)NCc1cc(F)ccc1F.I. The number of hydrogen-bond acceptors (Lipinski definition) is 2. The number of hydrogen-bond donors (Lipinski definition) is 2.